The molecule has 0 fully saturated rings. The maximum atomic E-state index is 13.3. The summed E-state index contributed by atoms with van der Waals surface area (Å²) < 4.78 is 14.7. The molecule has 0 spiro atoms. The highest BCUT2D eigenvalue weighted by molar-refractivity contribution is 6.05. The summed E-state index contributed by atoms with van der Waals surface area (Å²) in [6, 6.07) is 21.7. The fourth-order valence-corrected chi connectivity index (χ4v) is 3.90. The van der Waals surface area contributed by atoms with E-state index in [-0.39, 0.29) is 23.2 Å². The molecule has 1 amide bonds. The lowest BCUT2D eigenvalue weighted by atomic mass is 10.1. The molecule has 1 atom stereocenters. The van der Waals surface area contributed by atoms with Crippen LogP contribution in [-0.2, 0) is 6.54 Å². The molecule has 8 heteroatoms. The summed E-state index contributed by atoms with van der Waals surface area (Å²) in [4.78, 5) is 27.3. The molecule has 0 unspecified atom stereocenters. The van der Waals surface area contributed by atoms with Gasteiger partial charge in [-0.2, -0.15) is 5.10 Å². The van der Waals surface area contributed by atoms with E-state index in [9.17, 15) is 14.0 Å². The van der Waals surface area contributed by atoms with Gasteiger partial charge in [0.2, 0.25) is 0 Å². The van der Waals surface area contributed by atoms with Crippen LogP contribution in [0.3, 0.4) is 0 Å². The van der Waals surface area contributed by atoms with Gasteiger partial charge in [-0.15, -0.1) is 0 Å². The van der Waals surface area contributed by atoms with Crippen LogP contribution >= 0.6 is 0 Å². The van der Waals surface area contributed by atoms with Crippen LogP contribution in [0.2, 0.25) is 0 Å². The lowest BCUT2D eigenvalue weighted by Gasteiger charge is -2.16. The number of benzene rings is 3. The minimum absolute atomic E-state index is 0.145. The second-order valence-electron chi connectivity index (χ2n) is 8.92. The molecule has 3 N–H and O–H groups in total. The summed E-state index contributed by atoms with van der Waals surface area (Å²) in [6.07, 6.45) is 0. The van der Waals surface area contributed by atoms with Crippen molar-refractivity contribution in [2.24, 2.45) is 0 Å². The number of hydrogen-bond acceptors (Lipinski definition) is 5. The minimum Gasteiger partial charge on any atom is -0.397 e. The van der Waals surface area contributed by atoms with Crippen molar-refractivity contribution < 1.29 is 9.18 Å². The van der Waals surface area contributed by atoms with Crippen molar-refractivity contribution in [2.45, 2.75) is 19.5 Å². The molecule has 184 valence electrons. The Hall–Kier alpha value is -4.30. The third-order valence-corrected chi connectivity index (χ3v) is 5.86. The molecule has 7 nitrogen and oxygen atoms in total. The first-order valence-corrected chi connectivity index (χ1v) is 11.5. The van der Waals surface area contributed by atoms with E-state index in [4.69, 9.17) is 5.73 Å². The van der Waals surface area contributed by atoms with Gasteiger partial charge in [0.05, 0.1) is 23.1 Å². The number of anilines is 2. The molecule has 0 saturated carbocycles. The molecule has 0 radical (unpaired) electrons. The second kappa shape index (κ2) is 10.5. The average molecular weight is 486 g/mol. The van der Waals surface area contributed by atoms with Crippen LogP contribution in [0.5, 0.6) is 0 Å². The molecule has 0 aliphatic carbocycles. The van der Waals surface area contributed by atoms with Crippen molar-refractivity contribution in [3.63, 3.8) is 0 Å². The predicted molar refractivity (Wildman–Crippen MR) is 140 cm³/mol. The molecule has 3 aromatic carbocycles. The van der Waals surface area contributed by atoms with Crippen LogP contribution < -0.4 is 16.6 Å². The van der Waals surface area contributed by atoms with Gasteiger partial charge in [-0.05, 0) is 68.5 Å². The quantitative estimate of drug-likeness (QED) is 0.375. The average Bonchev–Trinajstić information content (AvgIpc) is 2.86. The molecule has 0 aliphatic heterocycles. The summed E-state index contributed by atoms with van der Waals surface area (Å²) in [7, 11) is 4.04. The number of amides is 1. The summed E-state index contributed by atoms with van der Waals surface area (Å²) in [5.74, 6) is -0.847. The van der Waals surface area contributed by atoms with E-state index in [1.165, 1.54) is 28.4 Å². The Morgan fingerprint density at radius 1 is 1.03 bits per heavy atom. The van der Waals surface area contributed by atoms with Gasteiger partial charge < -0.3 is 16.0 Å². The van der Waals surface area contributed by atoms with Crippen LogP contribution in [0, 0.1) is 5.82 Å². The zero-order valence-corrected chi connectivity index (χ0v) is 20.4. The van der Waals surface area contributed by atoms with Crippen molar-refractivity contribution in [1.82, 2.24) is 14.7 Å². The Balaban J connectivity index is 1.52. The largest absolute Gasteiger partial charge is 0.397 e. The number of nitrogens with two attached hydrogens (primary N) is 1. The van der Waals surface area contributed by atoms with E-state index in [0.29, 0.717) is 16.9 Å². The highest BCUT2D eigenvalue weighted by Crippen LogP contribution is 2.22. The Kier molecular flexibility index (Phi) is 7.26. The van der Waals surface area contributed by atoms with Crippen molar-refractivity contribution in [3.8, 4) is 11.3 Å². The summed E-state index contributed by atoms with van der Waals surface area (Å²) in [6.45, 7) is 2.72. The van der Waals surface area contributed by atoms with E-state index in [0.717, 1.165) is 23.7 Å². The van der Waals surface area contributed by atoms with Crippen LogP contribution in [0.1, 0.15) is 34.5 Å². The SMILES string of the molecule is C[C@H](c1ccc(C(=O)Nc2ccc(F)cc2N)cc1)n1nc(-c2ccc(CN(C)C)cc2)ccc1=O. The Morgan fingerprint density at radius 3 is 2.36 bits per heavy atom. The molecule has 0 bridgehead atoms. The van der Waals surface area contributed by atoms with E-state index in [1.54, 1.807) is 30.3 Å². The molecule has 1 heterocycles. The molecule has 0 aliphatic rings. The highest BCUT2D eigenvalue weighted by atomic mass is 19.1. The number of nitrogens with one attached hydrogen (secondary N) is 1. The fraction of sp³-hybridized carbons (Fsp3) is 0.179. The molecule has 1 aromatic heterocycles. The number of carbonyl (C=O) groups is 1. The number of hydrogen-bond donors (Lipinski definition) is 2. The maximum absolute atomic E-state index is 13.3. The van der Waals surface area contributed by atoms with Gasteiger partial charge in [0.15, 0.2) is 0 Å². The first kappa shape index (κ1) is 24.8. The van der Waals surface area contributed by atoms with Crippen LogP contribution in [-0.4, -0.2) is 34.7 Å². The Morgan fingerprint density at radius 2 is 1.72 bits per heavy atom. The van der Waals surface area contributed by atoms with E-state index in [2.05, 4.69) is 27.4 Å². The topological polar surface area (TPSA) is 93.2 Å². The van der Waals surface area contributed by atoms with Crippen LogP contribution in [0.15, 0.2) is 83.7 Å². The first-order chi connectivity index (χ1) is 17.2. The minimum atomic E-state index is -0.474. The van der Waals surface area contributed by atoms with Crippen LogP contribution in [0.25, 0.3) is 11.3 Å². The molecular weight excluding hydrogens is 457 g/mol. The number of nitrogens with zero attached hydrogens (tertiary/aromatic N) is 3. The van der Waals surface area contributed by atoms with Crippen molar-refractivity contribution in [1.29, 1.82) is 0 Å². The van der Waals surface area contributed by atoms with Gasteiger partial charge in [-0.1, -0.05) is 36.4 Å². The van der Waals surface area contributed by atoms with Gasteiger partial charge in [-0.3, -0.25) is 9.59 Å². The summed E-state index contributed by atoms with van der Waals surface area (Å²) in [5, 5.41) is 7.29. The van der Waals surface area contributed by atoms with E-state index < -0.39 is 5.82 Å². The van der Waals surface area contributed by atoms with Gasteiger partial charge in [0, 0.05) is 23.7 Å². The highest BCUT2D eigenvalue weighted by Gasteiger charge is 2.14. The normalized spacial score (nSPS) is 11.9. The lowest BCUT2D eigenvalue weighted by Crippen LogP contribution is -2.26. The van der Waals surface area contributed by atoms with E-state index >= 15 is 0 Å². The Bertz CT molecular complexity index is 1430. The second-order valence-corrected chi connectivity index (χ2v) is 8.92. The monoisotopic (exact) mass is 485 g/mol. The maximum Gasteiger partial charge on any atom is 0.267 e. The van der Waals surface area contributed by atoms with Gasteiger partial charge in [0.1, 0.15) is 5.82 Å². The number of rotatable bonds is 7. The standard InChI is InChI=1S/C28H28FN5O2/c1-18(20-8-10-22(11-9-20)28(36)31-26-13-12-23(29)16-24(26)30)34-27(35)15-14-25(32-34)21-6-4-19(5-7-21)17-33(2)3/h4-16,18H,17,30H2,1-3H3,(H,31,36)/t18-/m1/s1. The smallest absolute Gasteiger partial charge is 0.267 e. The zero-order valence-electron chi connectivity index (χ0n) is 20.4. The number of carbonyl (C=O) groups excluding carboxylic acids is 1. The van der Waals surface area contributed by atoms with Gasteiger partial charge in [0.25, 0.3) is 11.5 Å². The van der Waals surface area contributed by atoms with Gasteiger partial charge in [-0.25, -0.2) is 9.07 Å². The molecule has 4 aromatic rings. The molecule has 0 saturated heterocycles. The molecule has 4 rings (SSSR count). The molecule has 36 heavy (non-hydrogen) atoms. The van der Waals surface area contributed by atoms with Gasteiger partial charge >= 0.3 is 0 Å². The Labute approximate surface area is 209 Å². The fourth-order valence-electron chi connectivity index (χ4n) is 3.90. The predicted octanol–water partition coefficient (Wildman–Crippen LogP) is 4.55. The number of aromatic nitrogens is 2. The molecular formula is C28H28FN5O2. The number of halogens is 1. The third-order valence-electron chi connectivity index (χ3n) is 5.86. The zero-order chi connectivity index (χ0) is 25.8. The summed E-state index contributed by atoms with van der Waals surface area (Å²) in [5.41, 5.74) is 10.1. The summed E-state index contributed by atoms with van der Waals surface area (Å²) >= 11 is 0. The van der Waals surface area contributed by atoms with Crippen molar-refractivity contribution in [3.05, 3.63) is 112 Å². The van der Waals surface area contributed by atoms with Crippen LogP contribution in [0.4, 0.5) is 15.8 Å². The number of nitrogen functional groups attached to an aromatic ring is 1. The first-order valence-electron chi connectivity index (χ1n) is 11.5. The third kappa shape index (κ3) is 5.67. The lowest BCUT2D eigenvalue weighted by molar-refractivity contribution is 0.102. The van der Waals surface area contributed by atoms with Crippen molar-refractivity contribution in [2.75, 3.05) is 25.1 Å². The van der Waals surface area contributed by atoms with Crippen molar-refractivity contribution >= 4 is 17.3 Å². The van der Waals surface area contributed by atoms with E-state index in [1.807, 2.05) is 33.2 Å².